The van der Waals surface area contributed by atoms with Gasteiger partial charge in [0.2, 0.25) is 0 Å². The van der Waals surface area contributed by atoms with E-state index in [1.807, 2.05) is 0 Å². The van der Waals surface area contributed by atoms with Crippen LogP contribution in [0.1, 0.15) is 62.7 Å². The van der Waals surface area contributed by atoms with E-state index in [9.17, 15) is 29.7 Å². The number of fused-ring (bicyclic) bond motifs is 2. The number of ketones is 1. The number of hydrogen-bond donors (Lipinski definition) is 3. The molecule has 3 saturated heterocycles. The lowest BCUT2D eigenvalue weighted by Gasteiger charge is -2.65. The number of piperidine rings is 2. The van der Waals surface area contributed by atoms with Crippen molar-refractivity contribution in [3.8, 4) is 5.75 Å². The van der Waals surface area contributed by atoms with E-state index in [-0.39, 0.29) is 46.9 Å². The first-order chi connectivity index (χ1) is 19.1. The average molecular weight is 552 g/mol. The number of benzene rings is 1. The number of hydrogen-bond acceptors (Lipinski definition) is 9. The molecule has 3 aliphatic heterocycles. The number of carbonyl (C=O) groups excluding carboxylic acids is 3. The molecule has 3 aliphatic carbocycles. The van der Waals surface area contributed by atoms with Gasteiger partial charge in [-0.25, -0.2) is 4.79 Å². The zero-order valence-corrected chi connectivity index (χ0v) is 23.1. The van der Waals surface area contributed by atoms with Crippen LogP contribution in [-0.4, -0.2) is 80.5 Å². The second-order valence-electron chi connectivity index (χ2n) is 12.9. The fraction of sp³-hybridized carbons (Fsp3) is 0.645. The van der Waals surface area contributed by atoms with E-state index in [2.05, 4.69) is 11.8 Å². The highest BCUT2D eigenvalue weighted by Crippen LogP contribution is 2.76. The summed E-state index contributed by atoms with van der Waals surface area (Å²) in [6.07, 6.45) is 1.77. The molecule has 1 spiro atoms. The van der Waals surface area contributed by atoms with Gasteiger partial charge in [-0.2, -0.15) is 0 Å². The van der Waals surface area contributed by atoms with E-state index in [0.717, 1.165) is 19.3 Å². The Labute approximate surface area is 233 Å². The number of ether oxygens (including phenoxy) is 2. The molecule has 12 unspecified atom stereocenters. The van der Waals surface area contributed by atoms with Gasteiger partial charge in [-0.05, 0) is 81.5 Å². The van der Waals surface area contributed by atoms with Crippen molar-refractivity contribution in [1.29, 1.82) is 0 Å². The standard InChI is InChI=1S/C31H37NO8/c1-14-4-10-20-22-12-17-13-30(20,40-15(2)33)28-24(29(38)39-3)27(37)23-21(31(17,28)32(14)22)11-9-19(26(23)36)25(35)16-5-7-18(34)8-6-16/h5-8,14,17,19-23,26-27,34,36-37H,4,9-13H2,1-3H3. The van der Waals surface area contributed by atoms with Crippen molar-refractivity contribution in [2.24, 2.45) is 29.6 Å². The smallest absolute Gasteiger partial charge is 0.336 e. The fourth-order valence-corrected chi connectivity index (χ4v) is 10.6. The molecule has 214 valence electrons. The van der Waals surface area contributed by atoms with Crippen LogP contribution >= 0.6 is 0 Å². The molecule has 6 aliphatic rings. The number of Topliss-reactive ketones (excluding diaryl/α,β-unsaturated/α-hetero) is 1. The maximum absolute atomic E-state index is 13.6. The molecule has 9 nitrogen and oxygen atoms in total. The van der Waals surface area contributed by atoms with Crippen molar-refractivity contribution >= 4 is 17.7 Å². The molecule has 12 atom stereocenters. The van der Waals surface area contributed by atoms with E-state index in [1.54, 1.807) is 12.1 Å². The molecule has 2 saturated carbocycles. The summed E-state index contributed by atoms with van der Waals surface area (Å²) in [5.74, 6) is -2.91. The van der Waals surface area contributed by atoms with Gasteiger partial charge in [0.15, 0.2) is 5.78 Å². The summed E-state index contributed by atoms with van der Waals surface area (Å²) < 4.78 is 11.5. The molecule has 1 aromatic rings. The van der Waals surface area contributed by atoms with Crippen LogP contribution in [0.3, 0.4) is 0 Å². The number of methoxy groups -OCH3 is 1. The molecule has 40 heavy (non-hydrogen) atoms. The Hall–Kier alpha value is -2.75. The third kappa shape index (κ3) is 3.01. The Morgan fingerprint density at radius 3 is 2.40 bits per heavy atom. The lowest BCUT2D eigenvalue weighted by Crippen LogP contribution is -2.74. The second-order valence-corrected chi connectivity index (χ2v) is 12.9. The number of rotatable bonds is 4. The number of phenols is 1. The summed E-state index contributed by atoms with van der Waals surface area (Å²) in [7, 11) is 1.28. The van der Waals surface area contributed by atoms with E-state index >= 15 is 0 Å². The molecule has 0 amide bonds. The Morgan fingerprint density at radius 1 is 1.02 bits per heavy atom. The highest BCUT2D eigenvalue weighted by molar-refractivity contribution is 5.98. The molecule has 3 N–H and O–H groups in total. The van der Waals surface area contributed by atoms with Crippen molar-refractivity contribution in [2.45, 2.75) is 87.8 Å². The highest BCUT2D eigenvalue weighted by atomic mass is 16.6. The van der Waals surface area contributed by atoms with E-state index in [1.165, 1.54) is 26.2 Å². The first-order valence-electron chi connectivity index (χ1n) is 14.6. The molecule has 0 aromatic heterocycles. The van der Waals surface area contributed by atoms with Crippen LogP contribution in [0.25, 0.3) is 0 Å². The minimum Gasteiger partial charge on any atom is -0.508 e. The molecule has 9 heteroatoms. The molecule has 1 aromatic carbocycles. The quantitative estimate of drug-likeness (QED) is 0.381. The number of aromatic hydroxyl groups is 1. The SMILES string of the molecule is COC(=O)C1=C2C3(OC(C)=O)CC4CC5C3CCC(C)N5C24C2CCC(C(=O)c3ccc(O)cc3)C(O)C2C1O. The Kier molecular flexibility index (Phi) is 5.64. The van der Waals surface area contributed by atoms with Gasteiger partial charge in [0, 0.05) is 47.9 Å². The average Bonchev–Trinajstić information content (AvgIpc) is 3.32. The van der Waals surface area contributed by atoms with Crippen molar-refractivity contribution in [3.05, 3.63) is 41.0 Å². The van der Waals surface area contributed by atoms with E-state index < -0.39 is 47.1 Å². The largest absolute Gasteiger partial charge is 0.508 e. The maximum Gasteiger partial charge on any atom is 0.336 e. The molecule has 3 heterocycles. The summed E-state index contributed by atoms with van der Waals surface area (Å²) in [6.45, 7) is 3.62. The van der Waals surface area contributed by atoms with Gasteiger partial charge in [-0.3, -0.25) is 14.5 Å². The van der Waals surface area contributed by atoms with Gasteiger partial charge in [-0.15, -0.1) is 0 Å². The first-order valence-corrected chi connectivity index (χ1v) is 14.6. The molecule has 7 rings (SSSR count). The van der Waals surface area contributed by atoms with Crippen LogP contribution in [0.4, 0.5) is 0 Å². The molecule has 5 fully saturated rings. The number of esters is 2. The van der Waals surface area contributed by atoms with Crippen molar-refractivity contribution in [2.75, 3.05) is 7.11 Å². The molecular weight excluding hydrogens is 514 g/mol. The summed E-state index contributed by atoms with van der Waals surface area (Å²) in [6, 6.07) is 6.38. The van der Waals surface area contributed by atoms with Gasteiger partial charge in [0.1, 0.15) is 11.4 Å². The van der Waals surface area contributed by atoms with Crippen LogP contribution < -0.4 is 0 Å². The van der Waals surface area contributed by atoms with Crippen LogP contribution in [-0.2, 0) is 19.1 Å². The second kappa shape index (κ2) is 8.63. The molecule has 5 bridgehead atoms. The lowest BCUT2D eigenvalue weighted by atomic mass is 9.51. The summed E-state index contributed by atoms with van der Waals surface area (Å²) in [5.41, 5.74) is -0.433. The highest BCUT2D eigenvalue weighted by Gasteiger charge is 2.82. The van der Waals surface area contributed by atoms with Gasteiger partial charge in [0.05, 0.1) is 30.4 Å². The lowest BCUT2D eigenvalue weighted by molar-refractivity contribution is -0.186. The van der Waals surface area contributed by atoms with Gasteiger partial charge >= 0.3 is 11.9 Å². The Morgan fingerprint density at radius 2 is 1.73 bits per heavy atom. The normalized spacial score (nSPS) is 46.0. The van der Waals surface area contributed by atoms with Gasteiger partial charge in [-0.1, -0.05) is 0 Å². The van der Waals surface area contributed by atoms with Crippen LogP contribution in [0.2, 0.25) is 0 Å². The van der Waals surface area contributed by atoms with Crippen molar-refractivity contribution in [3.63, 3.8) is 0 Å². The first kappa shape index (κ1) is 26.2. The number of nitrogens with zero attached hydrogens (tertiary/aromatic N) is 1. The molecular formula is C31H37NO8. The molecule has 0 radical (unpaired) electrons. The zero-order valence-electron chi connectivity index (χ0n) is 23.1. The van der Waals surface area contributed by atoms with Crippen LogP contribution in [0, 0.1) is 29.6 Å². The predicted molar refractivity (Wildman–Crippen MR) is 141 cm³/mol. The van der Waals surface area contributed by atoms with Crippen LogP contribution in [0.5, 0.6) is 5.75 Å². The third-order valence-electron chi connectivity index (χ3n) is 11.5. The van der Waals surface area contributed by atoms with E-state index in [4.69, 9.17) is 9.47 Å². The maximum atomic E-state index is 13.6. The third-order valence-corrected chi connectivity index (χ3v) is 11.5. The Balaban J connectivity index is 1.41. The number of phenolic OH excluding ortho intramolecular Hbond substituents is 1. The van der Waals surface area contributed by atoms with Gasteiger partial charge < -0.3 is 24.8 Å². The topological polar surface area (TPSA) is 134 Å². The zero-order chi connectivity index (χ0) is 28.3. The van der Waals surface area contributed by atoms with Gasteiger partial charge in [0.25, 0.3) is 0 Å². The number of carbonyl (C=O) groups is 3. The fourth-order valence-electron chi connectivity index (χ4n) is 10.6. The number of aliphatic hydroxyl groups excluding tert-OH is 2. The predicted octanol–water partition coefficient (Wildman–Crippen LogP) is 2.37. The summed E-state index contributed by atoms with van der Waals surface area (Å²) >= 11 is 0. The number of aliphatic hydroxyl groups is 2. The summed E-state index contributed by atoms with van der Waals surface area (Å²) in [5, 5.41) is 33.6. The summed E-state index contributed by atoms with van der Waals surface area (Å²) in [4.78, 5) is 42.3. The van der Waals surface area contributed by atoms with E-state index in [0.29, 0.717) is 30.4 Å². The van der Waals surface area contributed by atoms with Crippen LogP contribution in [0.15, 0.2) is 35.4 Å². The minimum atomic E-state index is -1.37. The monoisotopic (exact) mass is 551 g/mol. The minimum absolute atomic E-state index is 0.0233. The van der Waals surface area contributed by atoms with Crippen molar-refractivity contribution in [1.82, 2.24) is 4.90 Å². The van der Waals surface area contributed by atoms with Crippen molar-refractivity contribution < 1.29 is 39.2 Å². The Bertz CT molecular complexity index is 1320.